The highest BCUT2D eigenvalue weighted by molar-refractivity contribution is 6.30. The summed E-state index contributed by atoms with van der Waals surface area (Å²) in [5.74, 6) is 0.118. The summed E-state index contributed by atoms with van der Waals surface area (Å²) < 4.78 is 0. The lowest BCUT2D eigenvalue weighted by Gasteiger charge is -2.29. The first kappa shape index (κ1) is 15.3. The summed E-state index contributed by atoms with van der Waals surface area (Å²) in [6.45, 7) is 3.22. The smallest absolute Gasteiger partial charge is 0.254 e. The van der Waals surface area contributed by atoms with E-state index < -0.39 is 0 Å². The molecule has 0 unspecified atom stereocenters. The number of carbonyl (C=O) groups is 1. The van der Waals surface area contributed by atoms with Crippen molar-refractivity contribution in [2.45, 2.75) is 19.8 Å². The maximum absolute atomic E-state index is 12.8. The van der Waals surface area contributed by atoms with E-state index in [1.807, 2.05) is 30.0 Å². The Bertz CT molecular complexity index is 865. The first-order chi connectivity index (χ1) is 11.5. The third-order valence-corrected chi connectivity index (χ3v) is 5.07. The van der Waals surface area contributed by atoms with E-state index in [0.29, 0.717) is 18.7 Å². The third-order valence-electron chi connectivity index (χ3n) is 4.84. The number of halogens is 1. The van der Waals surface area contributed by atoms with Gasteiger partial charge < -0.3 is 10.0 Å². The molecule has 1 N–H and O–H groups in total. The predicted molar refractivity (Wildman–Crippen MR) is 95.4 cm³/mol. The van der Waals surface area contributed by atoms with Crippen LogP contribution in [-0.4, -0.2) is 29.0 Å². The van der Waals surface area contributed by atoms with E-state index >= 15 is 0 Å². The van der Waals surface area contributed by atoms with E-state index in [9.17, 15) is 9.90 Å². The molecule has 4 heteroatoms. The van der Waals surface area contributed by atoms with Gasteiger partial charge in [0.15, 0.2) is 0 Å². The Morgan fingerprint density at radius 1 is 1.21 bits per heavy atom. The topological polar surface area (TPSA) is 40.5 Å². The SMILES string of the molecule is Cc1cc(O)cc(C(=O)N2CCC3=C(Cc4ccc(Cl)cc43)C2)c1. The van der Waals surface area contributed by atoms with E-state index in [0.717, 1.165) is 23.4 Å². The van der Waals surface area contributed by atoms with Crippen LogP contribution in [-0.2, 0) is 6.42 Å². The standard InChI is InChI=1S/C20H18ClNO2/c1-12-6-14(9-17(23)7-12)20(24)22-5-4-18-15(11-22)8-13-2-3-16(21)10-19(13)18/h2-3,6-7,9-10,23H,4-5,8,11H2,1H3. The molecule has 3 nitrogen and oxygen atoms in total. The van der Waals surface area contributed by atoms with Crippen LogP contribution in [0.4, 0.5) is 0 Å². The molecule has 0 aromatic heterocycles. The van der Waals surface area contributed by atoms with Crippen molar-refractivity contribution in [3.05, 3.63) is 69.2 Å². The largest absolute Gasteiger partial charge is 0.508 e. The summed E-state index contributed by atoms with van der Waals surface area (Å²) in [6, 6.07) is 11.1. The molecule has 2 aromatic rings. The summed E-state index contributed by atoms with van der Waals surface area (Å²) in [5, 5.41) is 10.5. The number of hydrogen-bond acceptors (Lipinski definition) is 2. The van der Waals surface area contributed by atoms with Gasteiger partial charge in [0.2, 0.25) is 0 Å². The average molecular weight is 340 g/mol. The molecule has 122 valence electrons. The Balaban J connectivity index is 1.60. The van der Waals surface area contributed by atoms with Crippen LogP contribution in [0.15, 0.2) is 42.0 Å². The maximum atomic E-state index is 12.8. The number of aromatic hydroxyl groups is 1. The first-order valence-corrected chi connectivity index (χ1v) is 8.49. The maximum Gasteiger partial charge on any atom is 0.254 e. The fourth-order valence-electron chi connectivity index (χ4n) is 3.77. The molecule has 0 saturated heterocycles. The third kappa shape index (κ3) is 2.59. The Morgan fingerprint density at radius 2 is 2.04 bits per heavy atom. The number of benzene rings is 2. The molecular formula is C20H18ClNO2. The van der Waals surface area contributed by atoms with Crippen molar-refractivity contribution in [2.24, 2.45) is 0 Å². The molecule has 0 saturated carbocycles. The van der Waals surface area contributed by atoms with E-state index in [1.165, 1.54) is 22.3 Å². The molecule has 1 amide bonds. The van der Waals surface area contributed by atoms with Crippen molar-refractivity contribution in [1.29, 1.82) is 0 Å². The molecule has 0 spiro atoms. The highest BCUT2D eigenvalue weighted by Crippen LogP contribution is 2.39. The van der Waals surface area contributed by atoms with Gasteiger partial charge in [-0.3, -0.25) is 4.79 Å². The second kappa shape index (κ2) is 5.67. The van der Waals surface area contributed by atoms with E-state index in [4.69, 9.17) is 11.6 Å². The fraction of sp³-hybridized carbons (Fsp3) is 0.250. The Kier molecular flexibility index (Phi) is 3.61. The van der Waals surface area contributed by atoms with Crippen molar-refractivity contribution < 1.29 is 9.90 Å². The number of rotatable bonds is 1. The monoisotopic (exact) mass is 339 g/mol. The lowest BCUT2D eigenvalue weighted by molar-refractivity contribution is 0.0767. The van der Waals surface area contributed by atoms with Gasteiger partial charge in [0.05, 0.1) is 0 Å². The van der Waals surface area contributed by atoms with Gasteiger partial charge >= 0.3 is 0 Å². The molecule has 1 aliphatic carbocycles. The van der Waals surface area contributed by atoms with Crippen molar-refractivity contribution in [3.8, 4) is 5.75 Å². The Morgan fingerprint density at radius 3 is 2.83 bits per heavy atom. The molecular weight excluding hydrogens is 322 g/mol. The van der Waals surface area contributed by atoms with Crippen LogP contribution >= 0.6 is 11.6 Å². The van der Waals surface area contributed by atoms with Crippen LogP contribution in [0.3, 0.4) is 0 Å². The van der Waals surface area contributed by atoms with Crippen LogP contribution in [0, 0.1) is 6.92 Å². The molecule has 1 aliphatic heterocycles. The molecule has 0 radical (unpaired) electrons. The number of carbonyl (C=O) groups excluding carboxylic acids is 1. The molecule has 2 aliphatic rings. The predicted octanol–water partition coefficient (Wildman–Crippen LogP) is 4.21. The second-order valence-corrected chi connectivity index (χ2v) is 7.03. The lowest BCUT2D eigenvalue weighted by atomic mass is 9.98. The summed E-state index contributed by atoms with van der Waals surface area (Å²) in [7, 11) is 0. The highest BCUT2D eigenvalue weighted by atomic mass is 35.5. The van der Waals surface area contributed by atoms with Crippen molar-refractivity contribution in [2.75, 3.05) is 13.1 Å². The zero-order valence-corrected chi connectivity index (χ0v) is 14.2. The fourth-order valence-corrected chi connectivity index (χ4v) is 3.94. The Labute approximate surface area is 146 Å². The van der Waals surface area contributed by atoms with Crippen molar-refractivity contribution >= 4 is 23.1 Å². The number of nitrogens with zero attached hydrogens (tertiary/aromatic N) is 1. The number of fused-ring (bicyclic) bond motifs is 2. The van der Waals surface area contributed by atoms with Gasteiger partial charge in [0.25, 0.3) is 5.91 Å². The summed E-state index contributed by atoms with van der Waals surface area (Å²) in [6.07, 6.45) is 1.75. The zero-order chi connectivity index (χ0) is 16.8. The molecule has 0 atom stereocenters. The minimum atomic E-state index is -0.0189. The van der Waals surface area contributed by atoms with Gasteiger partial charge in [0.1, 0.15) is 5.75 Å². The molecule has 4 rings (SSSR count). The van der Waals surface area contributed by atoms with E-state index in [2.05, 4.69) is 6.07 Å². The van der Waals surface area contributed by atoms with Crippen LogP contribution in [0.5, 0.6) is 5.75 Å². The lowest BCUT2D eigenvalue weighted by Crippen LogP contribution is -2.36. The molecule has 1 heterocycles. The van der Waals surface area contributed by atoms with Crippen LogP contribution < -0.4 is 0 Å². The van der Waals surface area contributed by atoms with Crippen molar-refractivity contribution in [1.82, 2.24) is 4.90 Å². The molecule has 2 aromatic carbocycles. The van der Waals surface area contributed by atoms with Gasteiger partial charge in [-0.15, -0.1) is 0 Å². The summed E-state index contributed by atoms with van der Waals surface area (Å²) >= 11 is 6.13. The van der Waals surface area contributed by atoms with E-state index in [-0.39, 0.29) is 11.7 Å². The number of hydrogen-bond donors (Lipinski definition) is 1. The van der Waals surface area contributed by atoms with Gasteiger partial charge in [0, 0.05) is 23.7 Å². The summed E-state index contributed by atoms with van der Waals surface area (Å²) in [4.78, 5) is 14.7. The number of phenols is 1. The molecule has 0 bridgehead atoms. The normalized spacial score (nSPS) is 16.2. The van der Waals surface area contributed by atoms with Gasteiger partial charge in [-0.2, -0.15) is 0 Å². The summed E-state index contributed by atoms with van der Waals surface area (Å²) in [5.41, 5.74) is 6.64. The minimum Gasteiger partial charge on any atom is -0.508 e. The van der Waals surface area contributed by atoms with Crippen LogP contribution in [0.2, 0.25) is 5.02 Å². The van der Waals surface area contributed by atoms with Crippen LogP contribution in [0.1, 0.15) is 33.5 Å². The molecule has 24 heavy (non-hydrogen) atoms. The first-order valence-electron chi connectivity index (χ1n) is 8.11. The average Bonchev–Trinajstić information content (AvgIpc) is 2.90. The number of phenolic OH excluding ortho intramolecular Hbond substituents is 1. The van der Waals surface area contributed by atoms with Gasteiger partial charge in [-0.05, 0) is 77.9 Å². The minimum absolute atomic E-state index is 0.0189. The molecule has 0 fully saturated rings. The quantitative estimate of drug-likeness (QED) is 0.845. The Hall–Kier alpha value is -2.26. The van der Waals surface area contributed by atoms with E-state index in [1.54, 1.807) is 12.1 Å². The highest BCUT2D eigenvalue weighted by Gasteiger charge is 2.29. The second-order valence-electron chi connectivity index (χ2n) is 6.59. The van der Waals surface area contributed by atoms with Crippen LogP contribution in [0.25, 0.3) is 5.57 Å². The number of amides is 1. The van der Waals surface area contributed by atoms with Gasteiger partial charge in [-0.1, -0.05) is 17.7 Å². The van der Waals surface area contributed by atoms with Crippen molar-refractivity contribution in [3.63, 3.8) is 0 Å². The number of aryl methyl sites for hydroxylation is 1. The van der Waals surface area contributed by atoms with Gasteiger partial charge in [-0.25, -0.2) is 0 Å². The zero-order valence-electron chi connectivity index (χ0n) is 13.5.